The maximum absolute atomic E-state index is 14.5. The topological polar surface area (TPSA) is 211 Å². The van der Waals surface area contributed by atoms with E-state index in [1.807, 2.05) is 97.1 Å². The van der Waals surface area contributed by atoms with Gasteiger partial charge >= 0.3 is 12.1 Å². The third-order valence-electron chi connectivity index (χ3n) is 10.8. The van der Waals surface area contributed by atoms with Crippen LogP contribution in [-0.2, 0) is 35.3 Å². The molecule has 3 aromatic carbocycles. The number of nitrogen functional groups attached to an aromatic ring is 1. The third-order valence-corrected chi connectivity index (χ3v) is 13.5. The molecule has 18 heteroatoms. The van der Waals surface area contributed by atoms with E-state index in [4.69, 9.17) is 15.3 Å². The molecule has 1 saturated carbocycles. The lowest BCUT2D eigenvalue weighted by Gasteiger charge is -2.51. The second kappa shape index (κ2) is 17.9. The van der Waals surface area contributed by atoms with Crippen LogP contribution in [0.5, 0.6) is 0 Å². The summed E-state index contributed by atoms with van der Waals surface area (Å²) in [5.41, 5.74) is 5.66. The van der Waals surface area contributed by atoms with Crippen molar-refractivity contribution in [2.45, 2.75) is 67.0 Å². The minimum atomic E-state index is -1.34. The number of carboxylic acids is 1. The van der Waals surface area contributed by atoms with Gasteiger partial charge in [-0.1, -0.05) is 108 Å². The molecule has 1 saturated heterocycles. The van der Waals surface area contributed by atoms with Crippen molar-refractivity contribution in [3.8, 4) is 0 Å². The molecule has 2 aliphatic heterocycles. The van der Waals surface area contributed by atoms with Gasteiger partial charge in [0, 0.05) is 62.3 Å². The molecule has 2 fully saturated rings. The van der Waals surface area contributed by atoms with Gasteiger partial charge in [0.15, 0.2) is 5.13 Å². The number of thioether (sulfide) groups is 2. The zero-order valence-electron chi connectivity index (χ0n) is 34.5. The third kappa shape index (κ3) is 8.74. The minimum absolute atomic E-state index is 0.0928. The molecule has 0 bridgehead atoms. The minimum Gasteiger partial charge on any atom is -0.477 e. The average Bonchev–Trinajstić information content (AvgIpc) is 3.87. The molecule has 3 aliphatic rings. The van der Waals surface area contributed by atoms with Gasteiger partial charge in [0.2, 0.25) is 17.1 Å². The number of ether oxygens (including phenoxy) is 1. The van der Waals surface area contributed by atoms with Gasteiger partial charge in [-0.2, -0.15) is 21.1 Å². The highest BCUT2D eigenvalue weighted by Crippen LogP contribution is 2.65. The van der Waals surface area contributed by atoms with Crippen LogP contribution >= 0.6 is 35.1 Å². The van der Waals surface area contributed by atoms with Crippen molar-refractivity contribution in [2.75, 3.05) is 18.0 Å². The predicted octanol–water partition coefficient (Wildman–Crippen LogP) is 6.56. The second-order valence-corrected chi connectivity index (χ2v) is 19.1. The van der Waals surface area contributed by atoms with Crippen molar-refractivity contribution in [3.05, 3.63) is 148 Å². The zero-order valence-corrected chi connectivity index (χ0v) is 37.0. The lowest BCUT2D eigenvalue weighted by molar-refractivity contribution is -0.158. The van der Waals surface area contributed by atoms with E-state index in [0.717, 1.165) is 38.8 Å². The monoisotopic (exact) mass is 904 g/mol. The Balaban J connectivity index is 1.03. The Morgan fingerprint density at radius 1 is 0.968 bits per heavy atom. The molecule has 8 rings (SSSR count). The lowest BCUT2D eigenvalue weighted by Crippen LogP contribution is -2.74. The highest BCUT2D eigenvalue weighted by Gasteiger charge is 2.77. The summed E-state index contributed by atoms with van der Waals surface area (Å²) < 4.78 is 9.59. The summed E-state index contributed by atoms with van der Waals surface area (Å²) in [6, 6.07) is 31.1. The van der Waals surface area contributed by atoms with Gasteiger partial charge in [-0.05, 0) is 51.7 Å². The summed E-state index contributed by atoms with van der Waals surface area (Å²) in [6.45, 7) is 5.79. The molecule has 324 valence electrons. The SMILES string of the molecule is CC(C)(C)OC(=O)NCCSCc1ncccc1SC1=C(C(=O)O)N2C(=O)[C@@H](NC(=O)/C(=N\OC(c3ccccc3)(c3ccccc3)c3ccccc3)c3nsc(N)n3)C23CC3C1. The number of carbonyl (C=O) groups excluding carboxylic acids is 3. The molecule has 0 radical (unpaired) electrons. The number of aromatic nitrogens is 3. The molecule has 2 unspecified atom stereocenters. The number of nitrogens with two attached hydrogens (primary N) is 1. The van der Waals surface area contributed by atoms with Crippen LogP contribution in [0.15, 0.2) is 130 Å². The number of aliphatic carboxylic acids is 1. The van der Waals surface area contributed by atoms with Gasteiger partial charge in [-0.25, -0.2) is 9.59 Å². The van der Waals surface area contributed by atoms with E-state index in [-0.39, 0.29) is 28.3 Å². The molecule has 3 amide bonds. The average molecular weight is 905 g/mol. The number of hydrogen-bond donors (Lipinski definition) is 4. The molecule has 4 heterocycles. The molecule has 3 atom stereocenters. The maximum Gasteiger partial charge on any atom is 0.407 e. The van der Waals surface area contributed by atoms with E-state index in [1.54, 1.807) is 44.8 Å². The summed E-state index contributed by atoms with van der Waals surface area (Å²) in [4.78, 5) is 71.7. The van der Waals surface area contributed by atoms with Crippen LogP contribution in [0.3, 0.4) is 0 Å². The molecular formula is C45H44N8O7S3. The number of anilines is 1. The quantitative estimate of drug-likeness (QED) is 0.0272. The fraction of sp³-hybridized carbons (Fsp3) is 0.289. The highest BCUT2D eigenvalue weighted by atomic mass is 32.2. The molecule has 63 heavy (non-hydrogen) atoms. The number of alkyl carbamates (subject to hydrolysis) is 1. The Morgan fingerprint density at radius 3 is 2.17 bits per heavy atom. The van der Waals surface area contributed by atoms with Gasteiger partial charge < -0.3 is 31.0 Å². The number of oxime groups is 1. The first kappa shape index (κ1) is 43.4. The molecular weight excluding hydrogens is 861 g/mol. The van der Waals surface area contributed by atoms with Crippen molar-refractivity contribution < 1.29 is 33.9 Å². The van der Waals surface area contributed by atoms with E-state index >= 15 is 0 Å². The van der Waals surface area contributed by atoms with E-state index in [1.165, 1.54) is 16.7 Å². The fourth-order valence-electron chi connectivity index (χ4n) is 8.05. The number of nitrogens with one attached hydrogen (secondary N) is 2. The number of nitrogens with zero attached hydrogens (tertiary/aromatic N) is 5. The fourth-order valence-corrected chi connectivity index (χ4v) is 10.6. The van der Waals surface area contributed by atoms with Crippen LogP contribution in [-0.4, -0.2) is 83.4 Å². The summed E-state index contributed by atoms with van der Waals surface area (Å²) in [6.07, 6.45) is 2.05. The molecule has 1 aliphatic carbocycles. The number of rotatable bonds is 16. The summed E-state index contributed by atoms with van der Waals surface area (Å²) >= 11 is 3.72. The van der Waals surface area contributed by atoms with Crippen LogP contribution in [0.25, 0.3) is 0 Å². The van der Waals surface area contributed by atoms with Gasteiger partial charge in [0.25, 0.3) is 11.8 Å². The number of β-lactam (4-membered cyclic amide) rings is 1. The summed E-state index contributed by atoms with van der Waals surface area (Å²) in [5.74, 6) is -1.69. The number of benzene rings is 3. The number of carbonyl (C=O) groups is 4. The Morgan fingerprint density at radius 2 is 1.60 bits per heavy atom. The molecule has 5 aromatic rings. The smallest absolute Gasteiger partial charge is 0.407 e. The number of pyridine rings is 1. The van der Waals surface area contributed by atoms with Gasteiger partial charge in [0.05, 0.1) is 11.2 Å². The van der Waals surface area contributed by atoms with Crippen molar-refractivity contribution in [1.82, 2.24) is 29.9 Å². The van der Waals surface area contributed by atoms with Crippen molar-refractivity contribution in [1.29, 1.82) is 0 Å². The maximum atomic E-state index is 14.5. The standard InChI is InChI=1S/C45H44N8O7S3/c1-43(2,3)59-42(58)48-22-23-61-26-31-32(20-13-21-47-31)62-33-24-30-25-44(30)36(39(55)53(44)35(33)40(56)57)49-38(54)34(37-50-41(46)63-52-37)51-60-45(27-14-7-4-8-15-27,28-16-9-5-10-17-28)29-18-11-6-12-19-29/h4-21,30,36H,22-26H2,1-3H3,(H,48,58)(H,49,54)(H,56,57)(H2,46,50,52)/b51-34-/t30?,36-,44?/m1/s1. The van der Waals surface area contributed by atoms with Gasteiger partial charge in [0.1, 0.15) is 17.3 Å². The first-order valence-corrected chi connectivity index (χ1v) is 22.9. The van der Waals surface area contributed by atoms with Crippen LogP contribution in [0.2, 0.25) is 0 Å². The van der Waals surface area contributed by atoms with Crippen LogP contribution in [0.4, 0.5) is 9.93 Å². The Labute approximate surface area is 376 Å². The molecule has 15 nitrogen and oxygen atoms in total. The van der Waals surface area contributed by atoms with Gasteiger partial charge in [-0.15, -0.1) is 0 Å². The zero-order chi connectivity index (χ0) is 44.4. The lowest BCUT2D eigenvalue weighted by atomic mass is 9.80. The summed E-state index contributed by atoms with van der Waals surface area (Å²) in [5, 5.41) is 20.8. The normalized spacial score (nSPS) is 19.3. The second-order valence-electron chi connectivity index (χ2n) is 16.1. The Kier molecular flexibility index (Phi) is 12.3. The van der Waals surface area contributed by atoms with Gasteiger partial charge in [-0.3, -0.25) is 19.5 Å². The van der Waals surface area contributed by atoms with Crippen LogP contribution in [0.1, 0.15) is 61.8 Å². The number of amides is 3. The van der Waals surface area contributed by atoms with E-state index in [9.17, 15) is 24.3 Å². The summed E-state index contributed by atoms with van der Waals surface area (Å²) in [7, 11) is 0. The number of carboxylic acid groups (broad SMARTS) is 1. The highest BCUT2D eigenvalue weighted by molar-refractivity contribution is 8.03. The molecule has 2 aromatic heterocycles. The van der Waals surface area contributed by atoms with Crippen molar-refractivity contribution >= 4 is 69.8 Å². The van der Waals surface area contributed by atoms with Crippen LogP contribution in [0, 0.1) is 5.92 Å². The van der Waals surface area contributed by atoms with E-state index in [0.29, 0.717) is 35.8 Å². The number of allylic oxidation sites excluding steroid dienone is 1. The van der Waals surface area contributed by atoms with Crippen molar-refractivity contribution in [3.63, 3.8) is 0 Å². The first-order chi connectivity index (χ1) is 30.3. The van der Waals surface area contributed by atoms with E-state index < -0.39 is 46.7 Å². The number of hydrogen-bond acceptors (Lipinski definition) is 14. The Hall–Kier alpha value is -6.24. The van der Waals surface area contributed by atoms with E-state index in [2.05, 4.69) is 30.1 Å². The Bertz CT molecular complexity index is 2490. The first-order valence-electron chi connectivity index (χ1n) is 20.1. The molecule has 5 N–H and O–H groups in total. The largest absolute Gasteiger partial charge is 0.477 e. The van der Waals surface area contributed by atoms with Crippen LogP contribution < -0.4 is 16.4 Å². The molecule has 1 spiro atoms. The van der Waals surface area contributed by atoms with Crippen molar-refractivity contribution in [2.24, 2.45) is 11.1 Å². The predicted molar refractivity (Wildman–Crippen MR) is 241 cm³/mol.